The summed E-state index contributed by atoms with van der Waals surface area (Å²) in [5, 5.41) is 7.45. The fourth-order valence-corrected chi connectivity index (χ4v) is 3.20. The van der Waals surface area contributed by atoms with Crippen LogP contribution in [0.25, 0.3) is 28.2 Å². The van der Waals surface area contributed by atoms with Crippen molar-refractivity contribution in [3.05, 3.63) is 78.5 Å². The quantitative estimate of drug-likeness (QED) is 0.504. The van der Waals surface area contributed by atoms with E-state index in [2.05, 4.69) is 16.3 Å². The van der Waals surface area contributed by atoms with Crippen molar-refractivity contribution >= 4 is 11.6 Å². The fraction of sp³-hybridized carbons (Fsp3) is 0.160. The molecule has 0 aliphatic heterocycles. The molecule has 1 unspecified atom stereocenters. The smallest absolute Gasteiger partial charge is 0.273 e. The first-order chi connectivity index (χ1) is 14.5. The van der Waals surface area contributed by atoms with Crippen LogP contribution in [-0.2, 0) is 0 Å². The van der Waals surface area contributed by atoms with Crippen molar-refractivity contribution in [2.45, 2.75) is 25.8 Å². The number of hydrogen-bond acceptors (Lipinski definition) is 3. The minimum absolute atomic E-state index is 0.278. The van der Waals surface area contributed by atoms with E-state index >= 15 is 0 Å². The van der Waals surface area contributed by atoms with Gasteiger partial charge in [-0.25, -0.2) is 9.50 Å². The van der Waals surface area contributed by atoms with Crippen LogP contribution < -0.4 is 5.32 Å². The SMILES string of the molecule is C#CC(C)(CC)NC(=O)c1cc2nc(-c3ccccc3)cc(-c3ccccc3)n2n1. The van der Waals surface area contributed by atoms with Crippen molar-refractivity contribution < 1.29 is 4.79 Å². The number of aromatic nitrogens is 3. The molecule has 2 aromatic heterocycles. The average molecular weight is 394 g/mol. The lowest BCUT2D eigenvalue weighted by molar-refractivity contribution is 0.0918. The summed E-state index contributed by atoms with van der Waals surface area (Å²) in [6.45, 7) is 3.76. The van der Waals surface area contributed by atoms with Crippen molar-refractivity contribution in [1.82, 2.24) is 19.9 Å². The third-order valence-corrected chi connectivity index (χ3v) is 5.21. The summed E-state index contributed by atoms with van der Waals surface area (Å²) in [7, 11) is 0. The number of amides is 1. The number of terminal acetylenes is 1. The number of nitrogens with one attached hydrogen (secondary N) is 1. The molecule has 0 bridgehead atoms. The van der Waals surface area contributed by atoms with Crippen LogP contribution in [0.15, 0.2) is 72.8 Å². The van der Waals surface area contributed by atoms with E-state index in [1.807, 2.05) is 80.6 Å². The normalized spacial score (nSPS) is 12.8. The Labute approximate surface area is 175 Å². The highest BCUT2D eigenvalue weighted by molar-refractivity contribution is 5.94. The molecule has 1 amide bonds. The van der Waals surface area contributed by atoms with Gasteiger partial charge in [0, 0.05) is 17.2 Å². The zero-order valence-electron chi connectivity index (χ0n) is 17.0. The molecule has 1 atom stereocenters. The molecule has 4 rings (SSSR count). The standard InChI is InChI=1S/C25H22N4O/c1-4-25(3,5-2)27-24(30)21-17-23-26-20(18-12-8-6-9-13-18)16-22(29(23)28-21)19-14-10-7-11-15-19/h1,6-17H,5H2,2-3H3,(H,27,30). The van der Waals surface area contributed by atoms with Gasteiger partial charge in [-0.1, -0.05) is 73.5 Å². The first kappa shape index (κ1) is 19.4. The molecule has 0 aliphatic rings. The maximum atomic E-state index is 12.8. The predicted octanol–water partition coefficient (Wildman–Crippen LogP) is 4.60. The van der Waals surface area contributed by atoms with Gasteiger partial charge in [0.15, 0.2) is 11.3 Å². The Morgan fingerprint density at radius 1 is 1.07 bits per heavy atom. The molecule has 0 radical (unpaired) electrons. The number of rotatable bonds is 5. The van der Waals surface area contributed by atoms with Crippen LogP contribution in [0.2, 0.25) is 0 Å². The lowest BCUT2D eigenvalue weighted by atomic mass is 10.0. The number of carbonyl (C=O) groups excluding carboxylic acids is 1. The summed E-state index contributed by atoms with van der Waals surface area (Å²) < 4.78 is 1.70. The molecular weight excluding hydrogens is 372 g/mol. The highest BCUT2D eigenvalue weighted by atomic mass is 16.2. The summed E-state index contributed by atoms with van der Waals surface area (Å²) in [4.78, 5) is 17.6. The molecule has 148 valence electrons. The van der Waals surface area contributed by atoms with Crippen LogP contribution in [0.4, 0.5) is 0 Å². The average Bonchev–Trinajstić information content (AvgIpc) is 3.24. The largest absolute Gasteiger partial charge is 0.335 e. The second-order valence-electron chi connectivity index (χ2n) is 7.34. The second kappa shape index (κ2) is 7.84. The van der Waals surface area contributed by atoms with Crippen LogP contribution >= 0.6 is 0 Å². The first-order valence-corrected chi connectivity index (χ1v) is 9.85. The van der Waals surface area contributed by atoms with Crippen LogP contribution in [0, 0.1) is 12.3 Å². The van der Waals surface area contributed by atoms with Crippen LogP contribution in [0.1, 0.15) is 30.8 Å². The summed E-state index contributed by atoms with van der Waals surface area (Å²) in [6.07, 6.45) is 6.22. The van der Waals surface area contributed by atoms with Crippen molar-refractivity contribution in [3.63, 3.8) is 0 Å². The molecule has 30 heavy (non-hydrogen) atoms. The van der Waals surface area contributed by atoms with E-state index in [0.717, 1.165) is 22.5 Å². The highest BCUT2D eigenvalue weighted by Crippen LogP contribution is 2.26. The van der Waals surface area contributed by atoms with E-state index in [9.17, 15) is 4.79 Å². The van der Waals surface area contributed by atoms with E-state index in [-0.39, 0.29) is 11.6 Å². The summed E-state index contributed by atoms with van der Waals surface area (Å²) >= 11 is 0. The van der Waals surface area contributed by atoms with Gasteiger partial charge in [0.05, 0.1) is 16.9 Å². The van der Waals surface area contributed by atoms with E-state index in [1.54, 1.807) is 10.6 Å². The number of hydrogen-bond donors (Lipinski definition) is 1. The van der Waals surface area contributed by atoms with Gasteiger partial charge in [0.2, 0.25) is 0 Å². The molecule has 0 saturated heterocycles. The Balaban J connectivity index is 1.86. The number of benzene rings is 2. The Hall–Kier alpha value is -3.91. The molecular formula is C25H22N4O. The minimum Gasteiger partial charge on any atom is -0.335 e. The maximum absolute atomic E-state index is 12.8. The highest BCUT2D eigenvalue weighted by Gasteiger charge is 2.24. The van der Waals surface area contributed by atoms with E-state index in [1.165, 1.54) is 0 Å². The number of fused-ring (bicyclic) bond motifs is 1. The molecule has 5 heteroatoms. The molecule has 0 aliphatic carbocycles. The van der Waals surface area contributed by atoms with Gasteiger partial charge in [0.25, 0.3) is 5.91 Å². The Morgan fingerprint density at radius 3 is 2.30 bits per heavy atom. The van der Waals surface area contributed by atoms with Crippen molar-refractivity contribution in [1.29, 1.82) is 0 Å². The third-order valence-electron chi connectivity index (χ3n) is 5.21. The van der Waals surface area contributed by atoms with Crippen molar-refractivity contribution in [2.24, 2.45) is 0 Å². The predicted molar refractivity (Wildman–Crippen MR) is 119 cm³/mol. The molecule has 0 fully saturated rings. The molecule has 2 aromatic carbocycles. The van der Waals surface area contributed by atoms with Crippen molar-refractivity contribution in [2.75, 3.05) is 0 Å². The first-order valence-electron chi connectivity index (χ1n) is 9.85. The van der Waals surface area contributed by atoms with E-state index < -0.39 is 5.54 Å². The van der Waals surface area contributed by atoms with E-state index in [0.29, 0.717) is 12.1 Å². The summed E-state index contributed by atoms with van der Waals surface area (Å²) in [6, 6.07) is 23.6. The number of carbonyl (C=O) groups is 1. The monoisotopic (exact) mass is 394 g/mol. The fourth-order valence-electron chi connectivity index (χ4n) is 3.20. The van der Waals surface area contributed by atoms with Gasteiger partial charge in [-0.15, -0.1) is 6.42 Å². The topological polar surface area (TPSA) is 59.3 Å². The van der Waals surface area contributed by atoms with Crippen LogP contribution in [0.3, 0.4) is 0 Å². The molecule has 0 saturated carbocycles. The second-order valence-corrected chi connectivity index (χ2v) is 7.34. The van der Waals surface area contributed by atoms with E-state index in [4.69, 9.17) is 11.4 Å². The maximum Gasteiger partial charge on any atom is 0.273 e. The lowest BCUT2D eigenvalue weighted by Gasteiger charge is -2.22. The Bertz CT molecular complexity index is 1240. The Kier molecular flexibility index (Phi) is 5.07. The lowest BCUT2D eigenvalue weighted by Crippen LogP contribution is -2.44. The van der Waals surface area contributed by atoms with Gasteiger partial charge in [0.1, 0.15) is 0 Å². The molecule has 1 N–H and O–H groups in total. The van der Waals surface area contributed by atoms with Gasteiger partial charge >= 0.3 is 0 Å². The zero-order chi connectivity index (χ0) is 21.1. The summed E-state index contributed by atoms with van der Waals surface area (Å²) in [5.74, 6) is 2.33. The number of nitrogens with zero attached hydrogens (tertiary/aromatic N) is 3. The van der Waals surface area contributed by atoms with Gasteiger partial charge in [-0.05, 0) is 19.4 Å². The Morgan fingerprint density at radius 2 is 1.70 bits per heavy atom. The van der Waals surface area contributed by atoms with Gasteiger partial charge in [-0.2, -0.15) is 5.10 Å². The third kappa shape index (κ3) is 3.68. The molecule has 0 spiro atoms. The summed E-state index contributed by atoms with van der Waals surface area (Å²) in [5.41, 5.74) is 3.80. The molecule has 2 heterocycles. The van der Waals surface area contributed by atoms with Crippen molar-refractivity contribution in [3.8, 4) is 34.9 Å². The minimum atomic E-state index is -0.724. The van der Waals surface area contributed by atoms with Crippen LogP contribution in [-0.4, -0.2) is 26.0 Å². The van der Waals surface area contributed by atoms with Gasteiger partial charge in [-0.3, -0.25) is 4.79 Å². The van der Waals surface area contributed by atoms with Crippen LogP contribution in [0.5, 0.6) is 0 Å². The zero-order valence-corrected chi connectivity index (χ0v) is 17.0. The van der Waals surface area contributed by atoms with Gasteiger partial charge < -0.3 is 5.32 Å². The molecule has 5 nitrogen and oxygen atoms in total. The molecule has 4 aromatic rings.